The van der Waals surface area contributed by atoms with Gasteiger partial charge in [-0.2, -0.15) is 0 Å². The zero-order valence-electron chi connectivity index (χ0n) is 7.93. The van der Waals surface area contributed by atoms with Crippen LogP contribution in [0.2, 0.25) is 0 Å². The molecular weight excluding hydrogens is 200 g/mol. The van der Waals surface area contributed by atoms with E-state index in [1.165, 1.54) is 12.4 Å². The van der Waals surface area contributed by atoms with Crippen LogP contribution in [0.25, 0.3) is 11.7 Å². The summed E-state index contributed by atoms with van der Waals surface area (Å²) in [5, 5.41) is 8.53. The van der Waals surface area contributed by atoms with Crippen molar-refractivity contribution in [1.29, 1.82) is 0 Å². The van der Waals surface area contributed by atoms with Crippen LogP contribution in [0.5, 0.6) is 0 Å². The summed E-state index contributed by atoms with van der Waals surface area (Å²) in [5.41, 5.74) is 0. The highest BCUT2D eigenvalue weighted by molar-refractivity contribution is 5.69. The molecule has 0 aliphatic heterocycles. The molecule has 2 aromatic rings. The fourth-order valence-electron chi connectivity index (χ4n) is 1.11. The number of carbonyl (C=O) groups is 1. The quantitative estimate of drug-likeness (QED) is 0.816. The molecule has 0 unspecified atom stereocenters. The van der Waals surface area contributed by atoms with E-state index in [1.807, 2.05) is 0 Å². The van der Waals surface area contributed by atoms with Gasteiger partial charge < -0.3 is 13.9 Å². The highest BCUT2D eigenvalue weighted by Gasteiger charge is 2.12. The van der Waals surface area contributed by atoms with Crippen molar-refractivity contribution in [3.05, 3.63) is 24.0 Å². The van der Waals surface area contributed by atoms with Crippen molar-refractivity contribution >= 4 is 5.97 Å². The van der Waals surface area contributed by atoms with Crippen LogP contribution in [0.4, 0.5) is 0 Å². The number of carboxylic acid groups (broad SMARTS) is 1. The van der Waals surface area contributed by atoms with Crippen LogP contribution in [0.3, 0.4) is 0 Å². The number of hydrogen-bond acceptors (Lipinski definition) is 5. The number of aromatic nitrogens is 2. The smallest absolute Gasteiger partial charge is 0.311 e. The van der Waals surface area contributed by atoms with E-state index in [-0.39, 0.29) is 18.1 Å². The number of hydrogen-bond donors (Lipinski definition) is 1. The van der Waals surface area contributed by atoms with Gasteiger partial charge in [-0.1, -0.05) is 0 Å². The third-order valence-electron chi connectivity index (χ3n) is 1.71. The highest BCUT2D eigenvalue weighted by Crippen LogP contribution is 2.19. The van der Waals surface area contributed by atoms with E-state index in [0.29, 0.717) is 11.7 Å². The Kier molecular flexibility index (Phi) is 2.24. The maximum absolute atomic E-state index is 10.4. The molecule has 0 aromatic carbocycles. The average Bonchev–Trinajstić information content (AvgIpc) is 2.72. The largest absolute Gasteiger partial charge is 0.481 e. The molecule has 15 heavy (non-hydrogen) atoms. The number of aryl methyl sites for hydroxylation is 1. The average molecular weight is 208 g/mol. The molecule has 0 saturated heterocycles. The van der Waals surface area contributed by atoms with Crippen molar-refractivity contribution in [2.45, 2.75) is 13.3 Å². The number of nitrogens with zero attached hydrogens (tertiary/aromatic N) is 2. The van der Waals surface area contributed by atoms with Gasteiger partial charge in [-0.15, -0.1) is 0 Å². The summed E-state index contributed by atoms with van der Waals surface area (Å²) in [4.78, 5) is 18.2. The maximum atomic E-state index is 10.4. The van der Waals surface area contributed by atoms with Gasteiger partial charge in [0.15, 0.2) is 5.89 Å². The minimum absolute atomic E-state index is 0.194. The molecule has 0 spiro atoms. The fraction of sp³-hybridized carbons (Fsp3) is 0.222. The predicted octanol–water partition coefficient (Wildman–Crippen LogP) is 1.27. The zero-order valence-corrected chi connectivity index (χ0v) is 7.93. The molecule has 2 heterocycles. The lowest BCUT2D eigenvalue weighted by molar-refractivity contribution is -0.136. The summed E-state index contributed by atoms with van der Waals surface area (Å²) in [7, 11) is 0. The Morgan fingerprint density at radius 2 is 2.20 bits per heavy atom. The first-order valence-electron chi connectivity index (χ1n) is 4.24. The van der Waals surface area contributed by atoms with Crippen LogP contribution in [-0.2, 0) is 11.2 Å². The molecule has 0 atom stereocenters. The van der Waals surface area contributed by atoms with Crippen molar-refractivity contribution in [1.82, 2.24) is 9.97 Å². The second-order valence-corrected chi connectivity index (χ2v) is 2.95. The Balaban J connectivity index is 2.23. The van der Waals surface area contributed by atoms with Crippen LogP contribution < -0.4 is 0 Å². The first-order valence-corrected chi connectivity index (χ1v) is 4.24. The van der Waals surface area contributed by atoms with Crippen molar-refractivity contribution in [3.8, 4) is 11.7 Å². The first-order chi connectivity index (χ1) is 7.15. The van der Waals surface area contributed by atoms with Crippen LogP contribution in [0.15, 0.2) is 21.2 Å². The lowest BCUT2D eigenvalue weighted by Gasteiger charge is -1.88. The molecule has 2 aromatic heterocycles. The van der Waals surface area contributed by atoms with Gasteiger partial charge in [0.2, 0.25) is 5.76 Å². The Labute approximate surface area is 84.6 Å². The molecule has 0 saturated carbocycles. The summed E-state index contributed by atoms with van der Waals surface area (Å²) in [6.07, 6.45) is 2.65. The highest BCUT2D eigenvalue weighted by atomic mass is 16.4. The number of oxazole rings is 2. The molecule has 78 valence electrons. The number of aliphatic carboxylic acids is 1. The summed E-state index contributed by atoms with van der Waals surface area (Å²) in [6, 6.07) is 0. The van der Waals surface area contributed by atoms with Crippen molar-refractivity contribution < 1.29 is 18.7 Å². The van der Waals surface area contributed by atoms with Crippen LogP contribution in [0, 0.1) is 6.92 Å². The van der Waals surface area contributed by atoms with Gasteiger partial charge in [-0.3, -0.25) is 4.79 Å². The molecule has 0 bridgehead atoms. The van der Waals surface area contributed by atoms with E-state index in [9.17, 15) is 4.79 Å². The Hall–Kier alpha value is -2.11. The predicted molar refractivity (Wildman–Crippen MR) is 48.1 cm³/mol. The van der Waals surface area contributed by atoms with Gasteiger partial charge >= 0.3 is 5.97 Å². The van der Waals surface area contributed by atoms with Crippen molar-refractivity contribution in [2.24, 2.45) is 0 Å². The summed E-state index contributed by atoms with van der Waals surface area (Å²) < 4.78 is 10.3. The minimum atomic E-state index is -0.966. The van der Waals surface area contributed by atoms with Crippen molar-refractivity contribution in [3.63, 3.8) is 0 Å². The third kappa shape index (κ3) is 2.04. The van der Waals surface area contributed by atoms with Crippen LogP contribution in [-0.4, -0.2) is 21.0 Å². The molecular formula is C9H8N2O4. The van der Waals surface area contributed by atoms with E-state index in [1.54, 1.807) is 6.92 Å². The van der Waals surface area contributed by atoms with Crippen LogP contribution >= 0.6 is 0 Å². The van der Waals surface area contributed by atoms with E-state index < -0.39 is 5.97 Å². The third-order valence-corrected chi connectivity index (χ3v) is 1.71. The standard InChI is InChI=1S/C9H8N2O4/c1-5-10-4-7(14-5)9-11-3-6(15-9)2-8(12)13/h3-4H,2H2,1H3,(H,12,13). The molecule has 0 fully saturated rings. The second-order valence-electron chi connectivity index (χ2n) is 2.95. The van der Waals surface area contributed by atoms with Gasteiger partial charge in [0, 0.05) is 6.92 Å². The summed E-state index contributed by atoms with van der Waals surface area (Å²) in [6.45, 7) is 1.70. The topological polar surface area (TPSA) is 89.4 Å². The summed E-state index contributed by atoms with van der Waals surface area (Å²) >= 11 is 0. The van der Waals surface area contributed by atoms with E-state index >= 15 is 0 Å². The summed E-state index contributed by atoms with van der Waals surface area (Å²) in [5.74, 6) is 0.456. The van der Waals surface area contributed by atoms with Crippen molar-refractivity contribution in [2.75, 3.05) is 0 Å². The molecule has 6 nitrogen and oxygen atoms in total. The van der Waals surface area contributed by atoms with Gasteiger partial charge in [0.25, 0.3) is 5.89 Å². The molecule has 1 N–H and O–H groups in total. The molecule has 0 amide bonds. The normalized spacial score (nSPS) is 10.5. The molecule has 2 rings (SSSR count). The Morgan fingerprint density at radius 1 is 1.40 bits per heavy atom. The monoisotopic (exact) mass is 208 g/mol. The van der Waals surface area contributed by atoms with E-state index in [4.69, 9.17) is 13.9 Å². The molecule has 0 aliphatic carbocycles. The zero-order chi connectivity index (χ0) is 10.8. The lowest BCUT2D eigenvalue weighted by Crippen LogP contribution is -1.97. The lowest BCUT2D eigenvalue weighted by atomic mass is 10.4. The Morgan fingerprint density at radius 3 is 2.80 bits per heavy atom. The van der Waals surface area contributed by atoms with Gasteiger partial charge in [0.1, 0.15) is 12.2 Å². The van der Waals surface area contributed by atoms with Gasteiger partial charge in [-0.05, 0) is 0 Å². The molecule has 0 aliphatic rings. The second kappa shape index (κ2) is 3.56. The molecule has 6 heteroatoms. The molecule has 0 radical (unpaired) electrons. The van der Waals surface area contributed by atoms with Crippen LogP contribution in [0.1, 0.15) is 11.7 Å². The Bertz CT molecular complexity index is 486. The van der Waals surface area contributed by atoms with Gasteiger partial charge in [0.05, 0.1) is 12.4 Å². The number of carboxylic acids is 1. The van der Waals surface area contributed by atoms with E-state index in [0.717, 1.165) is 0 Å². The van der Waals surface area contributed by atoms with E-state index in [2.05, 4.69) is 9.97 Å². The maximum Gasteiger partial charge on any atom is 0.311 e. The number of rotatable bonds is 3. The fourth-order valence-corrected chi connectivity index (χ4v) is 1.11. The first kappa shape index (κ1) is 9.45. The SMILES string of the molecule is Cc1ncc(-c2ncc(CC(=O)O)o2)o1. The minimum Gasteiger partial charge on any atom is -0.481 e. The van der Waals surface area contributed by atoms with Gasteiger partial charge in [-0.25, -0.2) is 9.97 Å².